The number of amides is 2. The summed E-state index contributed by atoms with van der Waals surface area (Å²) >= 11 is 0. The number of carbonyl (C=O) groups excluding carboxylic acids is 2. The van der Waals surface area contributed by atoms with Gasteiger partial charge in [-0.2, -0.15) is 0 Å². The molecule has 1 saturated carbocycles. The Balaban J connectivity index is 1.26. The fourth-order valence-corrected chi connectivity index (χ4v) is 4.78. The van der Waals surface area contributed by atoms with Gasteiger partial charge in [-0.1, -0.05) is 24.3 Å². The summed E-state index contributed by atoms with van der Waals surface area (Å²) in [5, 5.41) is 16.0. The number of hydrogen-bond donors (Lipinski definition) is 3. The van der Waals surface area contributed by atoms with E-state index in [2.05, 4.69) is 15.6 Å². The van der Waals surface area contributed by atoms with Crippen LogP contribution in [0, 0.1) is 0 Å². The molecule has 1 saturated heterocycles. The lowest BCUT2D eigenvalue weighted by Crippen LogP contribution is -2.28. The molecule has 2 aromatic carbocycles. The Morgan fingerprint density at radius 3 is 2.54 bits per heavy atom. The summed E-state index contributed by atoms with van der Waals surface area (Å²) < 4.78 is 1.97. The monoisotopic (exact) mass is 525 g/mol. The highest BCUT2D eigenvalue weighted by Gasteiger charge is 2.24. The second kappa shape index (κ2) is 10.7. The number of likely N-dealkylation sites (tertiary alicyclic amines) is 1. The highest BCUT2D eigenvalue weighted by molar-refractivity contribution is 5.95. The van der Waals surface area contributed by atoms with E-state index in [9.17, 15) is 14.7 Å². The summed E-state index contributed by atoms with van der Waals surface area (Å²) in [6, 6.07) is 14.8. The number of aromatic hydroxyl groups is 1. The third kappa shape index (κ3) is 5.69. The first-order chi connectivity index (χ1) is 19.0. The first kappa shape index (κ1) is 24.8. The zero-order valence-corrected chi connectivity index (χ0v) is 21.6. The van der Waals surface area contributed by atoms with Crippen LogP contribution in [0.3, 0.4) is 0 Å². The van der Waals surface area contributed by atoms with E-state index < -0.39 is 0 Å². The van der Waals surface area contributed by atoms with Gasteiger partial charge >= 0.3 is 0 Å². The van der Waals surface area contributed by atoms with Crippen LogP contribution < -0.4 is 10.6 Å². The Hall–Kier alpha value is -4.47. The molecule has 1 aliphatic carbocycles. The lowest BCUT2D eigenvalue weighted by atomic mass is 10.1. The Bertz CT molecular complexity index is 1490. The molecule has 4 aromatic rings. The van der Waals surface area contributed by atoms with Crippen LogP contribution in [0.25, 0.3) is 22.6 Å². The second-order valence-electron chi connectivity index (χ2n) is 10.2. The van der Waals surface area contributed by atoms with E-state index in [-0.39, 0.29) is 17.6 Å². The van der Waals surface area contributed by atoms with Crippen molar-refractivity contribution in [2.24, 2.45) is 0 Å². The van der Waals surface area contributed by atoms with Crippen LogP contribution in [0.2, 0.25) is 0 Å². The molecule has 2 aliphatic rings. The number of imidazole rings is 1. The Morgan fingerprint density at radius 1 is 1.03 bits per heavy atom. The predicted octanol–water partition coefficient (Wildman–Crippen LogP) is 3.37. The molecule has 1 aliphatic heterocycles. The van der Waals surface area contributed by atoms with Crippen molar-refractivity contribution < 1.29 is 14.7 Å². The Labute approximate surface area is 226 Å². The molecule has 10 heteroatoms. The van der Waals surface area contributed by atoms with Gasteiger partial charge in [-0.05, 0) is 55.5 Å². The van der Waals surface area contributed by atoms with Gasteiger partial charge in [0.2, 0.25) is 5.91 Å². The first-order valence-electron chi connectivity index (χ1n) is 13.5. The molecule has 0 atom stereocenters. The maximum absolute atomic E-state index is 12.4. The number of phenolic OH excluding ortho intramolecular Hbond substituents is 1. The molecule has 200 valence electrons. The molecule has 0 spiro atoms. The summed E-state index contributed by atoms with van der Waals surface area (Å²) in [5.74, 6) is 1.53. The van der Waals surface area contributed by atoms with Crippen molar-refractivity contribution in [2.45, 2.75) is 44.7 Å². The van der Waals surface area contributed by atoms with Gasteiger partial charge in [0.25, 0.3) is 5.91 Å². The number of hydrogen-bond acceptors (Lipinski definition) is 7. The number of phenols is 1. The molecule has 2 amide bonds. The van der Waals surface area contributed by atoms with Crippen molar-refractivity contribution in [3.8, 4) is 17.1 Å². The number of rotatable bonds is 10. The summed E-state index contributed by atoms with van der Waals surface area (Å²) in [4.78, 5) is 40.7. The van der Waals surface area contributed by atoms with E-state index in [1.807, 2.05) is 33.7 Å². The quantitative estimate of drug-likeness (QED) is 0.290. The summed E-state index contributed by atoms with van der Waals surface area (Å²) in [6.07, 6.45) is 6.09. The average Bonchev–Trinajstić information content (AvgIpc) is 3.52. The molecule has 39 heavy (non-hydrogen) atoms. The second-order valence-corrected chi connectivity index (χ2v) is 10.2. The molecule has 3 heterocycles. The molecule has 0 radical (unpaired) electrons. The van der Waals surface area contributed by atoms with Crippen molar-refractivity contribution in [3.05, 3.63) is 66.0 Å². The molecule has 0 bridgehead atoms. The number of anilines is 1. The zero-order valence-electron chi connectivity index (χ0n) is 21.6. The van der Waals surface area contributed by atoms with Crippen molar-refractivity contribution in [1.82, 2.24) is 29.7 Å². The summed E-state index contributed by atoms with van der Waals surface area (Å²) in [5.41, 5.74) is 3.85. The van der Waals surface area contributed by atoms with Crippen molar-refractivity contribution in [1.29, 1.82) is 0 Å². The van der Waals surface area contributed by atoms with Crippen LogP contribution >= 0.6 is 0 Å². The molecule has 0 unspecified atom stereocenters. The number of fused-ring (bicyclic) bond motifs is 1. The van der Waals surface area contributed by atoms with Crippen LogP contribution in [0.15, 0.2) is 54.9 Å². The van der Waals surface area contributed by atoms with E-state index in [4.69, 9.17) is 9.97 Å². The van der Waals surface area contributed by atoms with Gasteiger partial charge < -0.3 is 25.2 Å². The zero-order chi connectivity index (χ0) is 26.8. The largest absolute Gasteiger partial charge is 0.508 e. The van der Waals surface area contributed by atoms with Crippen LogP contribution in [0.5, 0.6) is 5.75 Å². The van der Waals surface area contributed by atoms with E-state index in [1.165, 1.54) is 0 Å². The van der Waals surface area contributed by atoms with Crippen molar-refractivity contribution in [2.75, 3.05) is 25.0 Å². The van der Waals surface area contributed by atoms with Crippen molar-refractivity contribution >= 4 is 28.8 Å². The third-order valence-electron chi connectivity index (χ3n) is 7.21. The standard InChI is InChI=1S/C29H31N7O3/c37-23-11-3-19(4-12-23)13-14-30-27-25-28(36(18-31-25)17-16-35-15-1-2-24(35)38)34-26(33-27)20-5-7-21(8-6-20)29(39)32-22-9-10-22/h3-8,11-12,18,22,37H,1-2,9-10,13-17H2,(H,32,39)(H,30,33,34). The normalized spacial score (nSPS) is 15.2. The molecule has 10 nitrogen and oxygen atoms in total. The van der Waals surface area contributed by atoms with Crippen LogP contribution in [-0.4, -0.2) is 67.0 Å². The van der Waals surface area contributed by atoms with Crippen LogP contribution in [0.1, 0.15) is 41.6 Å². The summed E-state index contributed by atoms with van der Waals surface area (Å²) in [7, 11) is 0. The Morgan fingerprint density at radius 2 is 1.82 bits per heavy atom. The van der Waals surface area contributed by atoms with Gasteiger partial charge in [0, 0.05) is 49.8 Å². The molecular formula is C29H31N7O3. The van der Waals surface area contributed by atoms with E-state index >= 15 is 0 Å². The summed E-state index contributed by atoms with van der Waals surface area (Å²) in [6.45, 7) is 2.60. The number of aromatic nitrogens is 4. The average molecular weight is 526 g/mol. The number of nitrogens with one attached hydrogen (secondary N) is 2. The maximum atomic E-state index is 12.4. The fraction of sp³-hybridized carbons (Fsp3) is 0.345. The fourth-order valence-electron chi connectivity index (χ4n) is 4.78. The minimum absolute atomic E-state index is 0.0634. The van der Waals surface area contributed by atoms with E-state index in [1.54, 1.807) is 30.6 Å². The third-order valence-corrected chi connectivity index (χ3v) is 7.21. The molecule has 3 N–H and O–H groups in total. The highest BCUT2D eigenvalue weighted by Crippen LogP contribution is 2.26. The SMILES string of the molecule is O=C(NC1CC1)c1ccc(-c2nc(NCCc3ccc(O)cc3)c3ncn(CCN4CCCC4=O)c3n2)cc1. The van der Waals surface area contributed by atoms with Gasteiger partial charge in [0.1, 0.15) is 11.3 Å². The first-order valence-corrected chi connectivity index (χ1v) is 13.5. The van der Waals surface area contributed by atoms with Gasteiger partial charge in [-0.25, -0.2) is 15.0 Å². The van der Waals surface area contributed by atoms with Crippen LogP contribution in [-0.2, 0) is 17.8 Å². The van der Waals surface area contributed by atoms with Gasteiger partial charge in [0.15, 0.2) is 17.3 Å². The smallest absolute Gasteiger partial charge is 0.251 e. The predicted molar refractivity (Wildman–Crippen MR) is 147 cm³/mol. The number of nitrogens with zero attached hydrogens (tertiary/aromatic N) is 5. The molecule has 2 fully saturated rings. The lowest BCUT2D eigenvalue weighted by molar-refractivity contribution is -0.127. The number of benzene rings is 2. The Kier molecular flexibility index (Phi) is 6.83. The molecular weight excluding hydrogens is 494 g/mol. The van der Waals surface area contributed by atoms with E-state index in [0.717, 1.165) is 43.4 Å². The maximum Gasteiger partial charge on any atom is 0.251 e. The van der Waals surface area contributed by atoms with Gasteiger partial charge in [-0.3, -0.25) is 9.59 Å². The molecule has 2 aromatic heterocycles. The minimum Gasteiger partial charge on any atom is -0.508 e. The minimum atomic E-state index is -0.0634. The topological polar surface area (TPSA) is 125 Å². The lowest BCUT2D eigenvalue weighted by Gasteiger charge is -2.16. The van der Waals surface area contributed by atoms with Crippen molar-refractivity contribution in [3.63, 3.8) is 0 Å². The van der Waals surface area contributed by atoms with Crippen LogP contribution in [0.4, 0.5) is 5.82 Å². The van der Waals surface area contributed by atoms with Gasteiger partial charge in [-0.15, -0.1) is 0 Å². The molecule has 6 rings (SSSR count). The number of carbonyl (C=O) groups is 2. The highest BCUT2D eigenvalue weighted by atomic mass is 16.3. The van der Waals surface area contributed by atoms with E-state index in [0.29, 0.717) is 60.5 Å². The van der Waals surface area contributed by atoms with Gasteiger partial charge in [0.05, 0.1) is 6.33 Å².